The highest BCUT2D eigenvalue weighted by molar-refractivity contribution is 6.60. The molecule has 5 heteroatoms. The van der Waals surface area contributed by atoms with E-state index in [9.17, 15) is 0 Å². The van der Waals surface area contributed by atoms with Crippen molar-refractivity contribution in [1.82, 2.24) is 0 Å². The zero-order valence-corrected chi connectivity index (χ0v) is 9.33. The Labute approximate surface area is 80.1 Å². The first-order chi connectivity index (χ1) is 6.24. The van der Waals surface area contributed by atoms with Gasteiger partial charge in [-0.3, -0.25) is 0 Å². The molecule has 0 radical (unpaired) electrons. The smallest absolute Gasteiger partial charge is 0.375 e. The van der Waals surface area contributed by atoms with E-state index in [1.807, 2.05) is 0 Å². The van der Waals surface area contributed by atoms with Crippen molar-refractivity contribution >= 4 is 8.80 Å². The first-order valence-electron chi connectivity index (χ1n) is 3.82. The molecule has 0 aromatic carbocycles. The molecule has 0 fully saturated rings. The summed E-state index contributed by atoms with van der Waals surface area (Å²) in [5.41, 5.74) is 2.60. The summed E-state index contributed by atoms with van der Waals surface area (Å²) in [5.74, 6) is 0. The minimum Gasteiger partial charge on any atom is -0.375 e. The van der Waals surface area contributed by atoms with Crippen molar-refractivity contribution in [2.24, 2.45) is 0 Å². The molecular formula is C8H16O4Si. The minimum atomic E-state index is -2.56. The Morgan fingerprint density at radius 2 is 1.77 bits per heavy atom. The normalized spacial score (nSPS) is 11.0. The van der Waals surface area contributed by atoms with Gasteiger partial charge >= 0.3 is 8.80 Å². The third kappa shape index (κ3) is 4.38. The van der Waals surface area contributed by atoms with Crippen LogP contribution in [-0.4, -0.2) is 43.0 Å². The van der Waals surface area contributed by atoms with Gasteiger partial charge in [-0.15, -0.1) is 5.73 Å². The molecule has 0 aliphatic carbocycles. The molecule has 0 bridgehead atoms. The number of ether oxygens (including phenoxy) is 1. The lowest BCUT2D eigenvalue weighted by Gasteiger charge is -2.23. The van der Waals surface area contributed by atoms with Crippen LogP contribution >= 0.6 is 0 Å². The van der Waals surface area contributed by atoms with Gasteiger partial charge in [-0.25, -0.2) is 0 Å². The largest absolute Gasteiger partial charge is 0.527 e. The number of hydrogen-bond acceptors (Lipinski definition) is 4. The standard InChI is InChI=1S/C8H16O4Si/c1-5-6-7-12-8-13(9-2,10-3)11-4/h6H,1,7-8H2,2-4H3. The van der Waals surface area contributed by atoms with Crippen LogP contribution in [0.25, 0.3) is 0 Å². The zero-order valence-electron chi connectivity index (χ0n) is 8.33. The summed E-state index contributed by atoms with van der Waals surface area (Å²) in [4.78, 5) is 0. The maximum absolute atomic E-state index is 5.24. The van der Waals surface area contributed by atoms with Crippen molar-refractivity contribution in [2.45, 2.75) is 0 Å². The van der Waals surface area contributed by atoms with Crippen molar-refractivity contribution in [3.05, 3.63) is 18.4 Å². The van der Waals surface area contributed by atoms with Gasteiger partial charge in [-0.2, -0.15) is 0 Å². The van der Waals surface area contributed by atoms with Gasteiger partial charge in [0.25, 0.3) is 0 Å². The fourth-order valence-electron chi connectivity index (χ4n) is 0.729. The lowest BCUT2D eigenvalue weighted by molar-refractivity contribution is 0.0720. The van der Waals surface area contributed by atoms with Gasteiger partial charge in [0.15, 0.2) is 0 Å². The van der Waals surface area contributed by atoms with E-state index in [-0.39, 0.29) is 0 Å². The molecule has 4 nitrogen and oxygen atoms in total. The fourth-order valence-corrected chi connectivity index (χ4v) is 1.95. The molecule has 0 rings (SSSR count). The van der Waals surface area contributed by atoms with Crippen LogP contribution < -0.4 is 0 Å². The van der Waals surface area contributed by atoms with E-state index in [1.54, 1.807) is 27.4 Å². The Kier molecular flexibility index (Phi) is 6.80. The molecule has 0 aliphatic rings. The van der Waals surface area contributed by atoms with Crippen molar-refractivity contribution in [1.29, 1.82) is 0 Å². The molecule has 0 saturated heterocycles. The number of hydrogen-bond donors (Lipinski definition) is 0. The van der Waals surface area contributed by atoms with Crippen LogP contribution in [0.2, 0.25) is 0 Å². The summed E-state index contributed by atoms with van der Waals surface area (Å²) in [7, 11) is 2.08. The summed E-state index contributed by atoms with van der Waals surface area (Å²) in [5, 5.41) is 0. The molecule has 0 aromatic heterocycles. The van der Waals surface area contributed by atoms with Crippen LogP contribution in [0, 0.1) is 0 Å². The SMILES string of the molecule is C=C=CCOC[Si](OC)(OC)OC. The Bertz CT molecular complexity index is 165. The molecule has 0 amide bonds. The van der Waals surface area contributed by atoms with Gasteiger partial charge in [0.1, 0.15) is 6.23 Å². The van der Waals surface area contributed by atoms with Gasteiger partial charge < -0.3 is 18.0 Å². The Hall–Kier alpha value is -0.423. The van der Waals surface area contributed by atoms with Crippen LogP contribution in [0.4, 0.5) is 0 Å². The van der Waals surface area contributed by atoms with Gasteiger partial charge in [-0.1, -0.05) is 6.58 Å². The highest BCUT2D eigenvalue weighted by Gasteiger charge is 2.38. The minimum absolute atomic E-state index is 0.328. The van der Waals surface area contributed by atoms with Crippen molar-refractivity contribution in [2.75, 3.05) is 34.2 Å². The van der Waals surface area contributed by atoms with Crippen molar-refractivity contribution in [3.63, 3.8) is 0 Å². The second kappa shape index (κ2) is 7.03. The Balaban J connectivity index is 3.87. The second-order valence-corrected chi connectivity index (χ2v) is 5.10. The Morgan fingerprint density at radius 1 is 1.23 bits per heavy atom. The molecule has 0 heterocycles. The summed E-state index contributed by atoms with van der Waals surface area (Å²) in [6.07, 6.45) is 2.01. The van der Waals surface area contributed by atoms with Gasteiger partial charge in [0.05, 0.1) is 6.61 Å². The van der Waals surface area contributed by atoms with E-state index in [0.717, 1.165) is 0 Å². The molecule has 76 valence electrons. The molecule has 0 atom stereocenters. The third-order valence-corrected chi connectivity index (χ3v) is 3.98. The highest BCUT2D eigenvalue weighted by Crippen LogP contribution is 2.05. The van der Waals surface area contributed by atoms with E-state index in [2.05, 4.69) is 12.3 Å². The van der Waals surface area contributed by atoms with E-state index >= 15 is 0 Å². The molecule has 0 saturated carbocycles. The second-order valence-electron chi connectivity index (χ2n) is 2.22. The predicted molar refractivity (Wildman–Crippen MR) is 51.3 cm³/mol. The average Bonchev–Trinajstić information content (AvgIpc) is 2.20. The molecule has 13 heavy (non-hydrogen) atoms. The van der Waals surface area contributed by atoms with E-state index < -0.39 is 8.80 Å². The molecule has 0 N–H and O–H groups in total. The van der Waals surface area contributed by atoms with Crippen LogP contribution in [-0.2, 0) is 18.0 Å². The third-order valence-electron chi connectivity index (χ3n) is 1.56. The first kappa shape index (κ1) is 12.6. The van der Waals surface area contributed by atoms with Crippen molar-refractivity contribution < 1.29 is 18.0 Å². The van der Waals surface area contributed by atoms with Crippen LogP contribution in [0.3, 0.4) is 0 Å². The summed E-state index contributed by atoms with van der Waals surface area (Å²) >= 11 is 0. The van der Waals surface area contributed by atoms with Crippen molar-refractivity contribution in [3.8, 4) is 0 Å². The lowest BCUT2D eigenvalue weighted by Crippen LogP contribution is -2.48. The topological polar surface area (TPSA) is 36.9 Å². The van der Waals surface area contributed by atoms with Gasteiger partial charge in [0.2, 0.25) is 0 Å². The molecular weight excluding hydrogens is 188 g/mol. The highest BCUT2D eigenvalue weighted by atomic mass is 28.4. The van der Waals surface area contributed by atoms with E-state index in [1.165, 1.54) is 0 Å². The molecule has 0 aromatic rings. The van der Waals surface area contributed by atoms with Crippen LogP contribution in [0.15, 0.2) is 18.4 Å². The molecule has 0 spiro atoms. The monoisotopic (exact) mass is 204 g/mol. The first-order valence-corrected chi connectivity index (χ1v) is 5.75. The summed E-state index contributed by atoms with van der Waals surface area (Å²) < 4.78 is 20.6. The lowest BCUT2D eigenvalue weighted by atomic mass is 10.6. The fraction of sp³-hybridized carbons (Fsp3) is 0.625. The quantitative estimate of drug-likeness (QED) is 0.348. The predicted octanol–water partition coefficient (Wildman–Crippen LogP) is 0.761. The van der Waals surface area contributed by atoms with Crippen LogP contribution in [0.5, 0.6) is 0 Å². The maximum Gasteiger partial charge on any atom is 0.527 e. The van der Waals surface area contributed by atoms with Gasteiger partial charge in [0, 0.05) is 21.3 Å². The maximum atomic E-state index is 5.24. The number of rotatable bonds is 7. The Morgan fingerprint density at radius 3 is 2.15 bits per heavy atom. The summed E-state index contributed by atoms with van der Waals surface area (Å²) in [6.45, 7) is 3.85. The van der Waals surface area contributed by atoms with E-state index in [4.69, 9.17) is 18.0 Å². The van der Waals surface area contributed by atoms with Gasteiger partial charge in [-0.05, 0) is 6.08 Å². The molecule has 0 unspecified atom stereocenters. The molecule has 0 aliphatic heterocycles. The van der Waals surface area contributed by atoms with Crippen LogP contribution in [0.1, 0.15) is 0 Å². The zero-order chi connectivity index (χ0) is 10.2. The van der Waals surface area contributed by atoms with E-state index in [0.29, 0.717) is 12.8 Å². The average molecular weight is 204 g/mol. The summed E-state index contributed by atoms with van der Waals surface area (Å²) in [6, 6.07) is 0.